The molecule has 0 saturated heterocycles. The van der Waals surface area contributed by atoms with Crippen LogP contribution in [0.1, 0.15) is 75.6 Å². The molecule has 0 amide bonds. The number of benzene rings is 2. The molecule has 0 aromatic heterocycles. The van der Waals surface area contributed by atoms with E-state index in [0.29, 0.717) is 42.4 Å². The number of hydrogen-bond donors (Lipinski definition) is 0. The zero-order valence-corrected chi connectivity index (χ0v) is 25.9. The van der Waals surface area contributed by atoms with E-state index in [9.17, 15) is 4.79 Å². The van der Waals surface area contributed by atoms with Crippen molar-refractivity contribution in [1.82, 2.24) is 0 Å². The Kier molecular flexibility index (Phi) is 15.0. The number of carbonyl (C=O) groups is 1. The predicted molar refractivity (Wildman–Crippen MR) is 150 cm³/mol. The van der Waals surface area contributed by atoms with Crippen LogP contribution in [0.4, 0.5) is 0 Å². The fourth-order valence-corrected chi connectivity index (χ4v) is 5.35. The molecule has 2 rings (SSSR count). The number of aryl methyl sites for hydroxylation is 2. The first-order valence-corrected chi connectivity index (χ1v) is 13.9. The van der Waals surface area contributed by atoms with Gasteiger partial charge in [0.15, 0.2) is 24.4 Å². The van der Waals surface area contributed by atoms with E-state index in [0.717, 1.165) is 22.3 Å². The minimum atomic E-state index is -0.537. The molecule has 0 spiro atoms. The molecule has 7 nitrogen and oxygen atoms in total. The van der Waals surface area contributed by atoms with Crippen LogP contribution >= 0.6 is 8.58 Å². The molecule has 9 heteroatoms. The summed E-state index contributed by atoms with van der Waals surface area (Å²) in [6.07, 6.45) is -1.55. The minimum absolute atomic E-state index is 0. The van der Waals surface area contributed by atoms with E-state index in [1.807, 2.05) is 62.3 Å². The zero-order valence-electron chi connectivity index (χ0n) is 25.9. The third-order valence-electron chi connectivity index (χ3n) is 5.95. The van der Waals surface area contributed by atoms with Crippen molar-refractivity contribution in [3.8, 4) is 17.2 Å². The van der Waals surface area contributed by atoms with Gasteiger partial charge in [0.1, 0.15) is 17.2 Å². The average Bonchev–Trinajstić information content (AvgIpc) is 2.80. The monoisotopic (exact) mass is 542 g/mol. The van der Waals surface area contributed by atoms with Crippen molar-refractivity contribution < 1.29 is 53.5 Å². The van der Waals surface area contributed by atoms with Crippen LogP contribution in [-0.2, 0) is 14.2 Å². The molecule has 2 aromatic carbocycles. The van der Waals surface area contributed by atoms with Gasteiger partial charge in [-0.3, -0.25) is 4.79 Å². The van der Waals surface area contributed by atoms with Crippen LogP contribution < -0.4 is 38.4 Å². The van der Waals surface area contributed by atoms with E-state index >= 15 is 0 Å². The summed E-state index contributed by atoms with van der Waals surface area (Å²) in [6.45, 7) is 20.7. The summed E-state index contributed by atoms with van der Waals surface area (Å²) in [4.78, 5) is 13.8. The Morgan fingerprint density at radius 1 is 0.737 bits per heavy atom. The second-order valence-electron chi connectivity index (χ2n) is 8.81. The predicted octanol–water partition coefficient (Wildman–Crippen LogP) is 3.46. The molecule has 0 heterocycles. The van der Waals surface area contributed by atoms with Crippen LogP contribution in [0.5, 0.6) is 17.2 Å². The molecule has 2 aromatic rings. The van der Waals surface area contributed by atoms with Crippen molar-refractivity contribution in [3.63, 3.8) is 0 Å². The maximum atomic E-state index is 13.8. The van der Waals surface area contributed by atoms with Crippen LogP contribution in [0.2, 0.25) is 0 Å². The smallest absolute Gasteiger partial charge is 1.00 e. The van der Waals surface area contributed by atoms with Gasteiger partial charge in [0, 0.05) is 37.5 Å². The molecule has 0 bridgehead atoms. The molecule has 38 heavy (non-hydrogen) atoms. The molecular weight excluding hydrogens is 498 g/mol. The number of hydrogen-bond acceptors (Lipinski definition) is 7. The van der Waals surface area contributed by atoms with E-state index in [2.05, 4.69) is 13.0 Å². The summed E-state index contributed by atoms with van der Waals surface area (Å²) in [5.74, 6) is 1.43. The van der Waals surface area contributed by atoms with Gasteiger partial charge in [-0.05, 0) is 100 Å². The minimum Gasteiger partial charge on any atom is -1.00 e. The number of rotatable bonds is 15. The van der Waals surface area contributed by atoms with E-state index in [1.54, 1.807) is 12.1 Å². The summed E-state index contributed by atoms with van der Waals surface area (Å²) >= 11 is 0. The molecule has 0 aliphatic heterocycles. The second-order valence-corrected chi connectivity index (χ2v) is 10.0. The Labute approximate surface area is 243 Å². The van der Waals surface area contributed by atoms with E-state index in [-0.39, 0.29) is 34.4 Å². The molecule has 0 aliphatic carbocycles. The van der Waals surface area contributed by atoms with Crippen LogP contribution in [0.25, 0.3) is 0 Å². The van der Waals surface area contributed by atoms with Gasteiger partial charge in [-0.25, -0.2) is 0 Å². The maximum Gasteiger partial charge on any atom is 1.00 e. The van der Waals surface area contributed by atoms with Gasteiger partial charge in [0.05, 0.1) is 5.30 Å². The van der Waals surface area contributed by atoms with Crippen molar-refractivity contribution in [2.45, 2.75) is 88.1 Å². The second kappa shape index (κ2) is 16.5. The fourth-order valence-electron chi connectivity index (χ4n) is 4.11. The van der Waals surface area contributed by atoms with Gasteiger partial charge in [0.25, 0.3) is 0 Å². The first-order valence-electron chi connectivity index (χ1n) is 12.9. The Morgan fingerprint density at radius 2 is 1.18 bits per heavy atom. The Morgan fingerprint density at radius 3 is 1.63 bits per heavy atom. The topological polar surface area (TPSA) is 72.5 Å². The van der Waals surface area contributed by atoms with Gasteiger partial charge in [-0.2, -0.15) is 0 Å². The van der Waals surface area contributed by atoms with Crippen molar-refractivity contribution in [1.29, 1.82) is 0 Å². The maximum absolute atomic E-state index is 13.8. The summed E-state index contributed by atoms with van der Waals surface area (Å²) in [7, 11) is -0.252. The van der Waals surface area contributed by atoms with Crippen molar-refractivity contribution in [2.75, 3.05) is 19.8 Å². The molecule has 0 fully saturated rings. The normalized spacial score (nSPS) is 13.6. The van der Waals surface area contributed by atoms with Gasteiger partial charge < -0.3 is 29.8 Å². The van der Waals surface area contributed by atoms with Gasteiger partial charge in [-0.1, -0.05) is 6.07 Å². The third-order valence-corrected chi connectivity index (χ3v) is 7.17. The molecular formula is C29H44LiO7P. The van der Waals surface area contributed by atoms with Crippen LogP contribution in [0.3, 0.4) is 0 Å². The van der Waals surface area contributed by atoms with Crippen LogP contribution in [0, 0.1) is 27.7 Å². The largest absolute Gasteiger partial charge is 1.00 e. The summed E-state index contributed by atoms with van der Waals surface area (Å²) in [5, 5.41) is 0.636. The molecule has 4 unspecified atom stereocenters. The third kappa shape index (κ3) is 9.56. The van der Waals surface area contributed by atoms with Crippen molar-refractivity contribution in [3.05, 3.63) is 46.0 Å². The average molecular weight is 543 g/mol. The van der Waals surface area contributed by atoms with Crippen LogP contribution in [0.15, 0.2) is 18.2 Å². The quantitative estimate of drug-likeness (QED) is 0.194. The standard InChI is InChI=1S/C29H43O7P.Li.H/c1-11-31-21(8)34-24-15-25(35-22(9)32-12-2)28(26(16-24)36-23(10)33-13-3)37-29(30)27-18(5)14-17(4)19(6)20(27)7;;/h14-16,21-23,37H,11-13H2,1-10H3;;/q;+1;-1. The Balaban J connectivity index is 0.00000722. The molecule has 4 atom stereocenters. The number of carbonyl (C=O) groups excluding carboxylic acids is 1. The zero-order chi connectivity index (χ0) is 27.7. The fraction of sp³-hybridized carbons (Fsp3) is 0.552. The Bertz CT molecular complexity index is 1030. The molecule has 208 valence electrons. The van der Waals surface area contributed by atoms with Crippen molar-refractivity contribution >= 4 is 19.4 Å². The van der Waals surface area contributed by atoms with Gasteiger partial charge >= 0.3 is 18.9 Å². The first kappa shape index (κ1) is 34.4. The van der Waals surface area contributed by atoms with Gasteiger partial charge in [-0.15, -0.1) is 0 Å². The molecule has 0 saturated carbocycles. The molecule has 0 aliphatic rings. The summed E-state index contributed by atoms with van der Waals surface area (Å²) in [5.41, 5.74) is 4.99. The van der Waals surface area contributed by atoms with E-state index in [4.69, 9.17) is 28.4 Å². The summed E-state index contributed by atoms with van der Waals surface area (Å²) < 4.78 is 35.2. The summed E-state index contributed by atoms with van der Waals surface area (Å²) in [6, 6.07) is 5.59. The van der Waals surface area contributed by atoms with E-state index < -0.39 is 18.9 Å². The van der Waals surface area contributed by atoms with E-state index in [1.165, 1.54) is 5.56 Å². The molecule has 0 N–H and O–H groups in total. The number of ether oxygens (including phenoxy) is 6. The first-order chi connectivity index (χ1) is 17.5. The SMILES string of the molecule is CCOC(C)Oc1cc(OC(C)OCC)c(PC(=O)c2c(C)cc(C)c(C)c2C)c(OC(C)OCC)c1.[H-].[Li+]. The van der Waals surface area contributed by atoms with Gasteiger partial charge in [0.2, 0.25) is 0 Å². The van der Waals surface area contributed by atoms with Crippen molar-refractivity contribution in [2.24, 2.45) is 0 Å². The Hall–Kier alpha value is -1.58. The van der Waals surface area contributed by atoms with Crippen LogP contribution in [-0.4, -0.2) is 44.2 Å². The molecule has 0 radical (unpaired) electrons.